The summed E-state index contributed by atoms with van der Waals surface area (Å²) in [5, 5.41) is 12.8. The second-order valence-corrected chi connectivity index (χ2v) is 5.66. The molecule has 116 valence electrons. The highest BCUT2D eigenvalue weighted by Crippen LogP contribution is 2.15. The van der Waals surface area contributed by atoms with Gasteiger partial charge in [-0.05, 0) is 30.7 Å². The average molecular weight is 312 g/mol. The quantitative estimate of drug-likeness (QED) is 0.725. The number of aliphatic hydroxyl groups is 1. The van der Waals surface area contributed by atoms with Crippen LogP contribution >= 0.6 is 11.6 Å². The number of Topliss-reactive ketones (excluding diaryl/α,β-unsaturated/α-hetero) is 1. The van der Waals surface area contributed by atoms with Gasteiger partial charge in [-0.25, -0.2) is 0 Å². The average Bonchev–Trinajstić information content (AvgIpc) is 2.45. The minimum Gasteiger partial charge on any atom is -0.391 e. The molecule has 1 rings (SSSR count). The van der Waals surface area contributed by atoms with E-state index >= 15 is 0 Å². The number of carbonyl (C=O) groups is 2. The lowest BCUT2D eigenvalue weighted by Gasteiger charge is -2.13. The molecule has 2 atom stereocenters. The van der Waals surface area contributed by atoms with Crippen molar-refractivity contribution in [3.05, 3.63) is 34.9 Å². The van der Waals surface area contributed by atoms with Gasteiger partial charge in [0.25, 0.3) is 0 Å². The summed E-state index contributed by atoms with van der Waals surface area (Å²) in [4.78, 5) is 23.9. The summed E-state index contributed by atoms with van der Waals surface area (Å²) in [6, 6.07) is 6.62. The maximum Gasteiger partial charge on any atom is 0.220 e. The fourth-order valence-electron chi connectivity index (χ4n) is 2.01. The van der Waals surface area contributed by atoms with E-state index in [0.29, 0.717) is 17.0 Å². The number of ketones is 1. The van der Waals surface area contributed by atoms with Crippen LogP contribution in [-0.4, -0.2) is 29.4 Å². The number of aliphatic hydroxyl groups excluding tert-OH is 1. The summed E-state index contributed by atoms with van der Waals surface area (Å²) in [7, 11) is 0. The molecule has 0 radical (unpaired) electrons. The Labute approximate surface area is 130 Å². The number of carbonyl (C=O) groups excluding carboxylic acids is 2. The maximum absolute atomic E-state index is 12.2. The Morgan fingerprint density at radius 1 is 1.29 bits per heavy atom. The summed E-state index contributed by atoms with van der Waals surface area (Å²) >= 11 is 5.78. The fraction of sp³-hybridized carbons (Fsp3) is 0.500. The lowest BCUT2D eigenvalue weighted by molar-refractivity contribution is -0.122. The molecule has 1 aromatic rings. The van der Waals surface area contributed by atoms with E-state index in [9.17, 15) is 14.7 Å². The van der Waals surface area contributed by atoms with Gasteiger partial charge in [0.05, 0.1) is 6.10 Å². The number of halogens is 1. The van der Waals surface area contributed by atoms with E-state index in [4.69, 9.17) is 11.6 Å². The third-order valence-electron chi connectivity index (χ3n) is 3.22. The van der Waals surface area contributed by atoms with Gasteiger partial charge < -0.3 is 10.4 Å². The molecular formula is C16H22ClNO3. The van der Waals surface area contributed by atoms with Gasteiger partial charge in [0.2, 0.25) is 5.91 Å². The fourth-order valence-corrected chi connectivity index (χ4v) is 2.13. The minimum absolute atomic E-state index is 0.0871. The predicted octanol–water partition coefficient (Wildman–Crippen LogP) is 2.83. The maximum atomic E-state index is 12.2. The van der Waals surface area contributed by atoms with Gasteiger partial charge >= 0.3 is 0 Å². The lowest BCUT2D eigenvalue weighted by atomic mass is 9.96. The topological polar surface area (TPSA) is 66.4 Å². The van der Waals surface area contributed by atoms with Crippen LogP contribution in [0.1, 0.15) is 43.5 Å². The van der Waals surface area contributed by atoms with Crippen molar-refractivity contribution >= 4 is 23.3 Å². The van der Waals surface area contributed by atoms with Crippen molar-refractivity contribution in [1.29, 1.82) is 0 Å². The standard InChI is InChI=1S/C16H22ClNO3/c1-3-4-14(19)10-18-15(20)9-11(2)16(21)12-5-7-13(17)8-6-12/h5-8,11,14,19H,3-4,9-10H2,1-2H3,(H,18,20). The molecule has 0 bridgehead atoms. The molecule has 0 aromatic heterocycles. The van der Waals surface area contributed by atoms with Crippen LogP contribution in [0.5, 0.6) is 0 Å². The smallest absolute Gasteiger partial charge is 0.220 e. The van der Waals surface area contributed by atoms with Crippen molar-refractivity contribution in [2.45, 2.75) is 39.2 Å². The molecular weight excluding hydrogens is 290 g/mol. The van der Waals surface area contributed by atoms with E-state index in [-0.39, 0.29) is 24.7 Å². The van der Waals surface area contributed by atoms with E-state index in [1.807, 2.05) is 6.92 Å². The molecule has 0 spiro atoms. The number of nitrogens with one attached hydrogen (secondary N) is 1. The van der Waals surface area contributed by atoms with Crippen molar-refractivity contribution < 1.29 is 14.7 Å². The Hall–Kier alpha value is -1.39. The predicted molar refractivity (Wildman–Crippen MR) is 83.5 cm³/mol. The van der Waals surface area contributed by atoms with Crippen molar-refractivity contribution in [3.8, 4) is 0 Å². The first-order chi connectivity index (χ1) is 9.93. The van der Waals surface area contributed by atoms with Gasteiger partial charge in [-0.15, -0.1) is 0 Å². The largest absolute Gasteiger partial charge is 0.391 e. The molecule has 0 saturated carbocycles. The van der Waals surface area contributed by atoms with Gasteiger partial charge in [-0.3, -0.25) is 9.59 Å². The van der Waals surface area contributed by atoms with E-state index in [0.717, 1.165) is 6.42 Å². The van der Waals surface area contributed by atoms with E-state index in [1.54, 1.807) is 31.2 Å². The van der Waals surface area contributed by atoms with Crippen LogP contribution in [0, 0.1) is 5.92 Å². The monoisotopic (exact) mass is 311 g/mol. The number of hydrogen-bond donors (Lipinski definition) is 2. The molecule has 2 unspecified atom stereocenters. The van der Waals surface area contributed by atoms with Crippen LogP contribution in [0.2, 0.25) is 5.02 Å². The third-order valence-corrected chi connectivity index (χ3v) is 3.48. The van der Waals surface area contributed by atoms with E-state index in [1.165, 1.54) is 0 Å². The van der Waals surface area contributed by atoms with Crippen LogP contribution in [0.15, 0.2) is 24.3 Å². The zero-order valence-electron chi connectivity index (χ0n) is 12.4. The molecule has 0 fully saturated rings. The number of amides is 1. The number of hydrogen-bond acceptors (Lipinski definition) is 3. The Morgan fingerprint density at radius 2 is 1.90 bits per heavy atom. The van der Waals surface area contributed by atoms with E-state index < -0.39 is 12.0 Å². The Bertz CT molecular complexity index is 473. The zero-order valence-corrected chi connectivity index (χ0v) is 13.2. The SMILES string of the molecule is CCCC(O)CNC(=O)CC(C)C(=O)c1ccc(Cl)cc1. The molecule has 1 amide bonds. The summed E-state index contributed by atoms with van der Waals surface area (Å²) in [5.74, 6) is -0.717. The summed E-state index contributed by atoms with van der Waals surface area (Å²) < 4.78 is 0. The molecule has 21 heavy (non-hydrogen) atoms. The number of rotatable bonds is 8. The summed E-state index contributed by atoms with van der Waals surface area (Å²) in [5.41, 5.74) is 0.547. The second kappa shape index (κ2) is 8.80. The normalized spacial score (nSPS) is 13.5. The first-order valence-electron chi connectivity index (χ1n) is 7.18. The lowest BCUT2D eigenvalue weighted by Crippen LogP contribution is -2.33. The Kier molecular flexibility index (Phi) is 7.40. The van der Waals surface area contributed by atoms with Gasteiger partial charge in [0, 0.05) is 29.5 Å². The van der Waals surface area contributed by atoms with Crippen LogP contribution < -0.4 is 5.32 Å². The summed E-state index contributed by atoms with van der Waals surface area (Å²) in [6.07, 6.45) is 1.10. The minimum atomic E-state index is -0.527. The van der Waals surface area contributed by atoms with Gasteiger partial charge in [0.1, 0.15) is 0 Å². The van der Waals surface area contributed by atoms with Crippen LogP contribution in [0.25, 0.3) is 0 Å². The van der Waals surface area contributed by atoms with Gasteiger partial charge in [-0.2, -0.15) is 0 Å². The van der Waals surface area contributed by atoms with Crippen molar-refractivity contribution in [2.75, 3.05) is 6.54 Å². The van der Waals surface area contributed by atoms with Crippen molar-refractivity contribution in [1.82, 2.24) is 5.32 Å². The molecule has 0 aliphatic carbocycles. The highest BCUT2D eigenvalue weighted by atomic mass is 35.5. The van der Waals surface area contributed by atoms with Crippen LogP contribution in [0.3, 0.4) is 0 Å². The van der Waals surface area contributed by atoms with Gasteiger partial charge in [0.15, 0.2) is 5.78 Å². The molecule has 0 aliphatic rings. The van der Waals surface area contributed by atoms with Gasteiger partial charge in [-0.1, -0.05) is 31.9 Å². The zero-order chi connectivity index (χ0) is 15.8. The Balaban J connectivity index is 2.44. The molecule has 5 heteroatoms. The highest BCUT2D eigenvalue weighted by molar-refractivity contribution is 6.30. The van der Waals surface area contributed by atoms with Crippen LogP contribution in [-0.2, 0) is 4.79 Å². The molecule has 0 saturated heterocycles. The van der Waals surface area contributed by atoms with Crippen molar-refractivity contribution in [3.63, 3.8) is 0 Å². The molecule has 0 heterocycles. The van der Waals surface area contributed by atoms with Crippen molar-refractivity contribution in [2.24, 2.45) is 5.92 Å². The first-order valence-corrected chi connectivity index (χ1v) is 7.56. The van der Waals surface area contributed by atoms with Crippen LogP contribution in [0.4, 0.5) is 0 Å². The molecule has 4 nitrogen and oxygen atoms in total. The second-order valence-electron chi connectivity index (χ2n) is 5.22. The Morgan fingerprint density at radius 3 is 2.48 bits per heavy atom. The first kappa shape index (κ1) is 17.7. The van der Waals surface area contributed by atoms with E-state index in [2.05, 4.69) is 5.32 Å². The number of benzene rings is 1. The summed E-state index contributed by atoms with van der Waals surface area (Å²) in [6.45, 7) is 3.92. The molecule has 1 aromatic carbocycles. The molecule has 2 N–H and O–H groups in total. The highest BCUT2D eigenvalue weighted by Gasteiger charge is 2.18. The molecule has 0 aliphatic heterocycles. The third kappa shape index (κ3) is 6.27.